The van der Waals surface area contributed by atoms with Gasteiger partial charge in [-0.15, -0.1) is 0 Å². The molecule has 0 heterocycles. The van der Waals surface area contributed by atoms with Gasteiger partial charge in [-0.1, -0.05) is 0 Å². The Labute approximate surface area is 72.0 Å². The number of amides is 1. The lowest BCUT2D eigenvalue weighted by Crippen LogP contribution is -2.33. The lowest BCUT2D eigenvalue weighted by Gasteiger charge is -2.16. The van der Waals surface area contributed by atoms with Gasteiger partial charge in [-0.25, -0.2) is 0 Å². The molecule has 0 unspecified atom stereocenters. The van der Waals surface area contributed by atoms with E-state index in [1.165, 1.54) is 6.92 Å². The van der Waals surface area contributed by atoms with Gasteiger partial charge in [0.1, 0.15) is 0 Å². The van der Waals surface area contributed by atoms with Gasteiger partial charge in [0, 0.05) is 13.5 Å². The Balaban J connectivity index is 3.58. The minimum Gasteiger partial charge on any atom is -0.390 e. The molecule has 0 aromatic carbocycles. The summed E-state index contributed by atoms with van der Waals surface area (Å²) in [6.45, 7) is 4.82. The molecule has 4 nitrogen and oxygen atoms in total. The molecule has 0 aliphatic rings. The van der Waals surface area contributed by atoms with Crippen molar-refractivity contribution in [1.82, 2.24) is 5.32 Å². The highest BCUT2D eigenvalue weighted by atomic mass is 16.3. The van der Waals surface area contributed by atoms with Crippen LogP contribution >= 0.6 is 0 Å². The molecule has 0 saturated carbocycles. The van der Waals surface area contributed by atoms with Crippen LogP contribution in [0.5, 0.6) is 0 Å². The van der Waals surface area contributed by atoms with Crippen LogP contribution in [-0.2, 0) is 9.59 Å². The summed E-state index contributed by atoms with van der Waals surface area (Å²) in [4.78, 5) is 21.1. The number of hydrogen-bond acceptors (Lipinski definition) is 3. The standard InChI is InChI=1S/C8H15NO3/c1-6(10)7(11)9-5-4-8(2,3)12/h12H,4-5H2,1-3H3,(H,9,11). The summed E-state index contributed by atoms with van der Waals surface area (Å²) < 4.78 is 0. The Bertz CT molecular complexity index is 181. The number of aliphatic hydroxyl groups is 1. The summed E-state index contributed by atoms with van der Waals surface area (Å²) in [7, 11) is 0. The Morgan fingerprint density at radius 3 is 2.25 bits per heavy atom. The van der Waals surface area contributed by atoms with Crippen molar-refractivity contribution in [3.8, 4) is 0 Å². The summed E-state index contributed by atoms with van der Waals surface area (Å²) in [5, 5.41) is 11.6. The van der Waals surface area contributed by atoms with E-state index in [9.17, 15) is 14.7 Å². The van der Waals surface area contributed by atoms with Gasteiger partial charge in [0.05, 0.1) is 5.60 Å². The molecule has 0 aromatic heterocycles. The fourth-order valence-corrected chi connectivity index (χ4v) is 0.606. The third-order valence-corrected chi connectivity index (χ3v) is 1.34. The molecule has 0 rings (SSSR count). The van der Waals surface area contributed by atoms with Gasteiger partial charge < -0.3 is 10.4 Å². The van der Waals surface area contributed by atoms with Crippen molar-refractivity contribution in [3.63, 3.8) is 0 Å². The Hall–Kier alpha value is -0.900. The maximum Gasteiger partial charge on any atom is 0.287 e. The van der Waals surface area contributed by atoms with Crippen molar-refractivity contribution >= 4 is 11.7 Å². The summed E-state index contributed by atoms with van der Waals surface area (Å²) >= 11 is 0. The predicted molar refractivity (Wildman–Crippen MR) is 44.6 cm³/mol. The van der Waals surface area contributed by atoms with Gasteiger partial charge in [0.2, 0.25) is 5.78 Å². The van der Waals surface area contributed by atoms with E-state index in [1.54, 1.807) is 13.8 Å². The first-order chi connectivity index (χ1) is 5.33. The highest BCUT2D eigenvalue weighted by Gasteiger charge is 2.13. The fourth-order valence-electron chi connectivity index (χ4n) is 0.606. The van der Waals surface area contributed by atoms with Gasteiger partial charge in [-0.2, -0.15) is 0 Å². The minimum atomic E-state index is -0.802. The third kappa shape index (κ3) is 5.85. The van der Waals surface area contributed by atoms with Crippen LogP contribution in [0.15, 0.2) is 0 Å². The number of hydrogen-bond donors (Lipinski definition) is 2. The molecular weight excluding hydrogens is 158 g/mol. The number of carbonyl (C=O) groups is 2. The van der Waals surface area contributed by atoms with E-state index in [2.05, 4.69) is 5.32 Å². The van der Waals surface area contributed by atoms with E-state index < -0.39 is 17.3 Å². The smallest absolute Gasteiger partial charge is 0.287 e. The first-order valence-corrected chi connectivity index (χ1v) is 3.84. The molecule has 0 radical (unpaired) electrons. The topological polar surface area (TPSA) is 66.4 Å². The largest absolute Gasteiger partial charge is 0.390 e. The maximum absolute atomic E-state index is 10.7. The van der Waals surface area contributed by atoms with Gasteiger partial charge >= 0.3 is 0 Å². The molecule has 0 spiro atoms. The zero-order valence-corrected chi connectivity index (χ0v) is 7.68. The van der Waals surface area contributed by atoms with E-state index in [4.69, 9.17) is 0 Å². The van der Waals surface area contributed by atoms with E-state index in [0.29, 0.717) is 13.0 Å². The van der Waals surface area contributed by atoms with Crippen LogP contribution in [0.2, 0.25) is 0 Å². The molecule has 0 atom stereocenters. The number of nitrogens with one attached hydrogen (secondary N) is 1. The first-order valence-electron chi connectivity index (χ1n) is 3.84. The molecule has 0 aromatic rings. The lowest BCUT2D eigenvalue weighted by molar-refractivity contribution is -0.136. The van der Waals surface area contributed by atoms with Crippen molar-refractivity contribution in [2.75, 3.05) is 6.54 Å². The number of carbonyl (C=O) groups excluding carboxylic acids is 2. The molecule has 12 heavy (non-hydrogen) atoms. The molecule has 0 saturated heterocycles. The van der Waals surface area contributed by atoms with Crippen molar-refractivity contribution in [2.45, 2.75) is 32.8 Å². The van der Waals surface area contributed by atoms with E-state index in [0.717, 1.165) is 0 Å². The average molecular weight is 173 g/mol. The van der Waals surface area contributed by atoms with Crippen LogP contribution in [0.4, 0.5) is 0 Å². The number of ketones is 1. The van der Waals surface area contributed by atoms with Crippen molar-refractivity contribution in [1.29, 1.82) is 0 Å². The Kier molecular flexibility index (Phi) is 3.89. The second-order valence-corrected chi connectivity index (χ2v) is 3.37. The molecular formula is C8H15NO3. The predicted octanol–water partition coefficient (Wildman–Crippen LogP) is -0.147. The fraction of sp³-hybridized carbons (Fsp3) is 0.750. The molecule has 70 valence electrons. The second-order valence-electron chi connectivity index (χ2n) is 3.37. The second kappa shape index (κ2) is 4.21. The SMILES string of the molecule is CC(=O)C(=O)NCCC(C)(C)O. The zero-order chi connectivity index (χ0) is 9.78. The van der Waals surface area contributed by atoms with Crippen LogP contribution in [0, 0.1) is 0 Å². The van der Waals surface area contributed by atoms with E-state index in [-0.39, 0.29) is 0 Å². The average Bonchev–Trinajstić information content (AvgIpc) is 1.84. The lowest BCUT2D eigenvalue weighted by atomic mass is 10.1. The molecule has 0 fully saturated rings. The van der Waals surface area contributed by atoms with Crippen molar-refractivity contribution in [2.24, 2.45) is 0 Å². The van der Waals surface area contributed by atoms with Crippen molar-refractivity contribution < 1.29 is 14.7 Å². The molecule has 0 bridgehead atoms. The zero-order valence-electron chi connectivity index (χ0n) is 7.68. The van der Waals surface area contributed by atoms with Crippen LogP contribution in [0.1, 0.15) is 27.2 Å². The van der Waals surface area contributed by atoms with Gasteiger partial charge in [-0.3, -0.25) is 9.59 Å². The monoisotopic (exact) mass is 173 g/mol. The Morgan fingerprint density at radius 2 is 1.92 bits per heavy atom. The highest BCUT2D eigenvalue weighted by molar-refractivity contribution is 6.35. The quantitative estimate of drug-likeness (QED) is 0.581. The van der Waals surface area contributed by atoms with Crippen LogP contribution in [0.3, 0.4) is 0 Å². The van der Waals surface area contributed by atoms with E-state index >= 15 is 0 Å². The molecule has 0 aliphatic carbocycles. The Morgan fingerprint density at radius 1 is 1.42 bits per heavy atom. The van der Waals surface area contributed by atoms with Crippen LogP contribution in [-0.4, -0.2) is 28.9 Å². The van der Waals surface area contributed by atoms with Gasteiger partial charge in [0.15, 0.2) is 0 Å². The van der Waals surface area contributed by atoms with Gasteiger partial charge in [-0.05, 0) is 20.3 Å². The van der Waals surface area contributed by atoms with Gasteiger partial charge in [0.25, 0.3) is 5.91 Å². The normalized spacial score (nSPS) is 11.0. The number of Topliss-reactive ketones (excluding diaryl/α,β-unsaturated/α-hetero) is 1. The first kappa shape index (κ1) is 11.1. The third-order valence-electron chi connectivity index (χ3n) is 1.34. The van der Waals surface area contributed by atoms with Crippen LogP contribution in [0.25, 0.3) is 0 Å². The molecule has 0 aliphatic heterocycles. The maximum atomic E-state index is 10.7. The molecule has 4 heteroatoms. The minimum absolute atomic E-state index is 0.321. The molecule has 1 amide bonds. The summed E-state index contributed by atoms with van der Waals surface area (Å²) in [6.07, 6.45) is 0.437. The molecule has 2 N–H and O–H groups in total. The van der Waals surface area contributed by atoms with E-state index in [1.807, 2.05) is 0 Å². The van der Waals surface area contributed by atoms with Crippen molar-refractivity contribution in [3.05, 3.63) is 0 Å². The van der Waals surface area contributed by atoms with Crippen LogP contribution < -0.4 is 5.32 Å². The summed E-state index contributed by atoms with van der Waals surface area (Å²) in [6, 6.07) is 0. The highest BCUT2D eigenvalue weighted by Crippen LogP contribution is 2.04. The number of rotatable bonds is 4. The summed E-state index contributed by atoms with van der Waals surface area (Å²) in [5.74, 6) is -1.11. The summed E-state index contributed by atoms with van der Waals surface area (Å²) in [5.41, 5.74) is -0.802.